The maximum atomic E-state index is 13.8. The lowest BCUT2D eigenvalue weighted by atomic mass is 10.2. The highest BCUT2D eigenvalue weighted by atomic mass is 19.1. The van der Waals surface area contributed by atoms with E-state index in [9.17, 15) is 14.0 Å². The minimum atomic E-state index is -0.745. The van der Waals surface area contributed by atoms with Gasteiger partial charge in [-0.3, -0.25) is 14.2 Å². The second-order valence-corrected chi connectivity index (χ2v) is 5.54. The zero-order chi connectivity index (χ0) is 18.7. The van der Waals surface area contributed by atoms with Crippen LogP contribution < -0.4 is 20.6 Å². The van der Waals surface area contributed by atoms with Crippen molar-refractivity contribution in [2.75, 3.05) is 14.2 Å². The molecule has 0 N–H and O–H groups in total. The van der Waals surface area contributed by atoms with E-state index in [4.69, 9.17) is 9.47 Å². The standard InChI is InChI=1S/C19H17FN2O4/c1-25-16-8-7-14(11-17(16)26-2)22-10-9-21(18(23)19(22)24)12-13-5-3-4-6-15(13)20/h3-11H,12H2,1-2H3. The van der Waals surface area contributed by atoms with Crippen molar-refractivity contribution in [3.05, 3.63) is 86.9 Å². The molecule has 0 fully saturated rings. The van der Waals surface area contributed by atoms with Crippen molar-refractivity contribution in [2.45, 2.75) is 6.54 Å². The summed E-state index contributed by atoms with van der Waals surface area (Å²) in [4.78, 5) is 24.9. The minimum absolute atomic E-state index is 0.0203. The number of benzene rings is 2. The van der Waals surface area contributed by atoms with Crippen molar-refractivity contribution in [1.82, 2.24) is 9.13 Å². The summed E-state index contributed by atoms with van der Waals surface area (Å²) >= 11 is 0. The van der Waals surface area contributed by atoms with Gasteiger partial charge in [0.15, 0.2) is 11.5 Å². The number of ether oxygens (including phenoxy) is 2. The number of hydrogen-bond donors (Lipinski definition) is 0. The average molecular weight is 356 g/mol. The topological polar surface area (TPSA) is 62.5 Å². The summed E-state index contributed by atoms with van der Waals surface area (Å²) in [5, 5.41) is 0. The van der Waals surface area contributed by atoms with Crippen LogP contribution in [0.2, 0.25) is 0 Å². The van der Waals surface area contributed by atoms with E-state index in [1.807, 2.05) is 0 Å². The maximum absolute atomic E-state index is 13.8. The Balaban J connectivity index is 2.02. The van der Waals surface area contributed by atoms with E-state index in [-0.39, 0.29) is 6.54 Å². The van der Waals surface area contributed by atoms with E-state index in [1.165, 1.54) is 41.8 Å². The van der Waals surface area contributed by atoms with Crippen molar-refractivity contribution in [1.29, 1.82) is 0 Å². The van der Waals surface area contributed by atoms with E-state index in [0.29, 0.717) is 22.7 Å². The lowest BCUT2D eigenvalue weighted by Gasteiger charge is -2.12. The first-order valence-corrected chi connectivity index (χ1v) is 7.83. The largest absolute Gasteiger partial charge is 0.493 e. The minimum Gasteiger partial charge on any atom is -0.493 e. The van der Waals surface area contributed by atoms with Crippen LogP contribution in [-0.4, -0.2) is 23.4 Å². The van der Waals surface area contributed by atoms with Crippen LogP contribution in [0.4, 0.5) is 4.39 Å². The van der Waals surface area contributed by atoms with Gasteiger partial charge in [0.1, 0.15) is 5.82 Å². The second-order valence-electron chi connectivity index (χ2n) is 5.54. The van der Waals surface area contributed by atoms with Gasteiger partial charge < -0.3 is 14.0 Å². The van der Waals surface area contributed by atoms with Crippen LogP contribution in [-0.2, 0) is 6.54 Å². The molecule has 0 atom stereocenters. The third-order valence-electron chi connectivity index (χ3n) is 4.00. The van der Waals surface area contributed by atoms with Gasteiger partial charge in [0, 0.05) is 24.0 Å². The van der Waals surface area contributed by atoms with Crippen molar-refractivity contribution in [3.8, 4) is 17.2 Å². The van der Waals surface area contributed by atoms with Gasteiger partial charge >= 0.3 is 11.1 Å². The Bertz CT molecular complexity index is 1060. The summed E-state index contributed by atoms with van der Waals surface area (Å²) in [6.45, 7) is -0.0203. The molecule has 2 aromatic carbocycles. The lowest BCUT2D eigenvalue weighted by molar-refractivity contribution is 0.355. The molecule has 0 unspecified atom stereocenters. The Labute approximate surface area is 148 Å². The van der Waals surface area contributed by atoms with E-state index in [1.54, 1.807) is 36.4 Å². The molecule has 1 aromatic heterocycles. The van der Waals surface area contributed by atoms with Gasteiger partial charge in [0.2, 0.25) is 0 Å². The first kappa shape index (κ1) is 17.5. The highest BCUT2D eigenvalue weighted by molar-refractivity contribution is 5.48. The quantitative estimate of drug-likeness (QED) is 0.658. The summed E-state index contributed by atoms with van der Waals surface area (Å²) < 4.78 is 26.6. The first-order valence-electron chi connectivity index (χ1n) is 7.83. The molecule has 0 aliphatic heterocycles. The molecule has 0 saturated heterocycles. The summed E-state index contributed by atoms with van der Waals surface area (Å²) in [6, 6.07) is 11.0. The Morgan fingerprint density at radius 3 is 2.35 bits per heavy atom. The average Bonchev–Trinajstić information content (AvgIpc) is 2.66. The van der Waals surface area contributed by atoms with Crippen LogP contribution in [0, 0.1) is 5.82 Å². The van der Waals surface area contributed by atoms with E-state index in [2.05, 4.69) is 0 Å². The molecule has 6 nitrogen and oxygen atoms in total. The molecule has 0 aliphatic rings. The molecule has 7 heteroatoms. The van der Waals surface area contributed by atoms with Crippen LogP contribution in [0.1, 0.15) is 5.56 Å². The highest BCUT2D eigenvalue weighted by Gasteiger charge is 2.11. The molecular weight excluding hydrogens is 339 g/mol. The summed E-state index contributed by atoms with van der Waals surface area (Å²) in [5.74, 6) is 0.521. The fourth-order valence-electron chi connectivity index (χ4n) is 2.62. The zero-order valence-corrected chi connectivity index (χ0v) is 14.3. The Hall–Kier alpha value is -3.35. The van der Waals surface area contributed by atoms with Gasteiger partial charge in [-0.1, -0.05) is 18.2 Å². The number of rotatable bonds is 5. The molecule has 1 heterocycles. The smallest absolute Gasteiger partial charge is 0.320 e. The van der Waals surface area contributed by atoms with Gasteiger partial charge in [-0.2, -0.15) is 0 Å². The van der Waals surface area contributed by atoms with Gasteiger partial charge in [-0.25, -0.2) is 4.39 Å². The van der Waals surface area contributed by atoms with Crippen molar-refractivity contribution in [3.63, 3.8) is 0 Å². The summed E-state index contributed by atoms with van der Waals surface area (Å²) in [7, 11) is 2.99. The molecule has 0 aliphatic carbocycles. The second kappa shape index (κ2) is 7.26. The number of methoxy groups -OCH3 is 2. The Kier molecular flexibility index (Phi) is 4.88. The molecular formula is C19H17FN2O4. The van der Waals surface area contributed by atoms with Crippen molar-refractivity contribution in [2.24, 2.45) is 0 Å². The Morgan fingerprint density at radius 1 is 0.923 bits per heavy atom. The normalized spacial score (nSPS) is 10.6. The molecule has 0 radical (unpaired) electrons. The molecule has 0 saturated carbocycles. The zero-order valence-electron chi connectivity index (χ0n) is 14.3. The number of nitrogens with zero attached hydrogens (tertiary/aromatic N) is 2. The molecule has 3 aromatic rings. The highest BCUT2D eigenvalue weighted by Crippen LogP contribution is 2.28. The van der Waals surface area contributed by atoms with Crippen molar-refractivity contribution >= 4 is 0 Å². The summed E-state index contributed by atoms with van der Waals surface area (Å²) in [6.07, 6.45) is 2.92. The number of halogens is 1. The maximum Gasteiger partial charge on any atom is 0.320 e. The lowest BCUT2D eigenvalue weighted by Crippen LogP contribution is -2.40. The molecule has 3 rings (SSSR count). The predicted octanol–water partition coefficient (Wildman–Crippen LogP) is 2.20. The third-order valence-corrected chi connectivity index (χ3v) is 4.00. The molecule has 134 valence electrons. The summed E-state index contributed by atoms with van der Waals surface area (Å²) in [5.41, 5.74) is -0.692. The molecule has 26 heavy (non-hydrogen) atoms. The predicted molar refractivity (Wildman–Crippen MR) is 94.9 cm³/mol. The van der Waals surface area contributed by atoms with Gasteiger partial charge in [0.25, 0.3) is 0 Å². The number of aromatic nitrogens is 2. The van der Waals surface area contributed by atoms with E-state index < -0.39 is 16.9 Å². The fourth-order valence-corrected chi connectivity index (χ4v) is 2.62. The van der Waals surface area contributed by atoms with Gasteiger partial charge in [0.05, 0.1) is 26.5 Å². The van der Waals surface area contributed by atoms with Crippen LogP contribution in [0.5, 0.6) is 11.5 Å². The molecule has 0 spiro atoms. The molecule has 0 bridgehead atoms. The van der Waals surface area contributed by atoms with Crippen LogP contribution in [0.3, 0.4) is 0 Å². The van der Waals surface area contributed by atoms with E-state index >= 15 is 0 Å². The van der Waals surface area contributed by atoms with Crippen LogP contribution in [0.25, 0.3) is 5.69 Å². The van der Waals surface area contributed by atoms with Gasteiger partial charge in [-0.05, 0) is 18.2 Å². The molecule has 0 amide bonds. The first-order chi connectivity index (χ1) is 12.5. The SMILES string of the molecule is COc1ccc(-n2ccn(Cc3ccccc3F)c(=O)c2=O)cc1OC. The van der Waals surface area contributed by atoms with E-state index in [0.717, 1.165) is 0 Å². The monoisotopic (exact) mass is 356 g/mol. The van der Waals surface area contributed by atoms with Crippen LogP contribution in [0.15, 0.2) is 64.4 Å². The van der Waals surface area contributed by atoms with Crippen LogP contribution >= 0.6 is 0 Å². The number of hydrogen-bond acceptors (Lipinski definition) is 4. The third kappa shape index (κ3) is 3.23. The van der Waals surface area contributed by atoms with Gasteiger partial charge in [-0.15, -0.1) is 0 Å². The Morgan fingerprint density at radius 2 is 1.65 bits per heavy atom. The van der Waals surface area contributed by atoms with Crippen molar-refractivity contribution < 1.29 is 13.9 Å². The fraction of sp³-hybridized carbons (Fsp3) is 0.158.